The number of aliphatic hydroxyl groups excluding tert-OH is 3. The number of esters is 1. The molecule has 5 atom stereocenters. The van der Waals surface area contributed by atoms with Gasteiger partial charge in [-0.15, -0.1) is 0 Å². The fourth-order valence-corrected chi connectivity index (χ4v) is 4.24. The molecule has 3 N–H and O–H groups in total. The van der Waals surface area contributed by atoms with Crippen molar-refractivity contribution >= 4 is 5.97 Å². The molecule has 1 rings (SSSR count). The second kappa shape index (κ2) is 19.6. The Morgan fingerprint density at radius 1 is 0.697 bits per heavy atom. The summed E-state index contributed by atoms with van der Waals surface area (Å²) in [6, 6.07) is 0. The van der Waals surface area contributed by atoms with Crippen LogP contribution >= 0.6 is 0 Å². The molecule has 0 aromatic rings. The van der Waals surface area contributed by atoms with E-state index in [1.54, 1.807) is 6.92 Å². The summed E-state index contributed by atoms with van der Waals surface area (Å²) in [4.78, 5) is 12.0. The molecular formula is C26H50O7. The Balaban J connectivity index is 1.96. The van der Waals surface area contributed by atoms with E-state index in [-0.39, 0.29) is 19.2 Å². The maximum absolute atomic E-state index is 12.0. The lowest BCUT2D eigenvalue weighted by molar-refractivity contribution is -0.300. The number of carbonyl (C=O) groups is 1. The summed E-state index contributed by atoms with van der Waals surface area (Å²) in [7, 11) is 0. The van der Waals surface area contributed by atoms with E-state index in [0.29, 0.717) is 6.42 Å². The molecule has 0 spiro atoms. The highest BCUT2D eigenvalue weighted by atomic mass is 16.7. The zero-order valence-electron chi connectivity index (χ0n) is 21.1. The van der Waals surface area contributed by atoms with Crippen LogP contribution in [0.2, 0.25) is 0 Å². The minimum Gasteiger partial charge on any atom is -0.463 e. The standard InChI is InChI=1S/C26H50O7/c1-3-5-6-7-8-9-10-11-12-13-14-15-16-17-18-19-22(27)32-20-21-23(28)24(29)25(30)26(33-21)31-4-2/h21,23-26,28-30H,3-20H2,1-2H3/t21-,23-,24+,25-,26+/m1/s1. The lowest BCUT2D eigenvalue weighted by atomic mass is 9.99. The molecule has 0 saturated carbocycles. The molecule has 7 heteroatoms. The van der Waals surface area contributed by atoms with E-state index < -0.39 is 30.7 Å². The van der Waals surface area contributed by atoms with Crippen molar-refractivity contribution in [2.45, 2.75) is 147 Å². The zero-order chi connectivity index (χ0) is 24.3. The molecule has 1 aliphatic heterocycles. The van der Waals surface area contributed by atoms with Gasteiger partial charge in [-0.3, -0.25) is 4.79 Å². The molecule has 0 aromatic carbocycles. The van der Waals surface area contributed by atoms with Crippen molar-refractivity contribution < 1.29 is 34.3 Å². The number of hydrogen-bond acceptors (Lipinski definition) is 7. The number of hydrogen-bond donors (Lipinski definition) is 3. The van der Waals surface area contributed by atoms with E-state index in [0.717, 1.165) is 19.3 Å². The van der Waals surface area contributed by atoms with Crippen LogP contribution in [0.15, 0.2) is 0 Å². The van der Waals surface area contributed by atoms with Crippen molar-refractivity contribution in [2.75, 3.05) is 13.2 Å². The Hall–Kier alpha value is -0.730. The van der Waals surface area contributed by atoms with Crippen LogP contribution in [0.1, 0.15) is 117 Å². The SMILES string of the molecule is CCCCCCCCCCCCCCCCCC(=O)OC[C@H]1O[C@H](OCC)[C@H](O)[C@@H](O)[C@@H]1O. The third kappa shape index (κ3) is 13.7. The number of unbranched alkanes of at least 4 members (excludes halogenated alkanes) is 14. The van der Waals surface area contributed by atoms with Crippen LogP contribution in [0.4, 0.5) is 0 Å². The quantitative estimate of drug-likeness (QED) is 0.174. The zero-order valence-corrected chi connectivity index (χ0v) is 21.1. The van der Waals surface area contributed by atoms with Gasteiger partial charge in [-0.25, -0.2) is 0 Å². The lowest BCUT2D eigenvalue weighted by Gasteiger charge is -2.39. The van der Waals surface area contributed by atoms with Crippen LogP contribution in [0, 0.1) is 0 Å². The van der Waals surface area contributed by atoms with Crippen molar-refractivity contribution in [3.05, 3.63) is 0 Å². The maximum Gasteiger partial charge on any atom is 0.305 e. The van der Waals surface area contributed by atoms with Gasteiger partial charge in [-0.1, -0.05) is 96.8 Å². The second-order valence-electron chi connectivity index (χ2n) is 9.35. The molecule has 1 heterocycles. The highest BCUT2D eigenvalue weighted by Gasteiger charge is 2.44. The van der Waals surface area contributed by atoms with Crippen molar-refractivity contribution in [3.63, 3.8) is 0 Å². The van der Waals surface area contributed by atoms with Crippen LogP contribution in [0.25, 0.3) is 0 Å². The van der Waals surface area contributed by atoms with Gasteiger partial charge in [0.05, 0.1) is 0 Å². The summed E-state index contributed by atoms with van der Waals surface area (Å²) >= 11 is 0. The molecular weight excluding hydrogens is 424 g/mol. The van der Waals surface area contributed by atoms with Crippen LogP contribution in [0.5, 0.6) is 0 Å². The van der Waals surface area contributed by atoms with E-state index in [1.165, 1.54) is 77.0 Å². The Bertz CT molecular complexity index is 474. The molecule has 0 amide bonds. The molecule has 1 saturated heterocycles. The van der Waals surface area contributed by atoms with E-state index >= 15 is 0 Å². The van der Waals surface area contributed by atoms with Crippen LogP contribution in [-0.4, -0.2) is 65.2 Å². The smallest absolute Gasteiger partial charge is 0.305 e. The van der Waals surface area contributed by atoms with Gasteiger partial charge in [-0.05, 0) is 13.3 Å². The van der Waals surface area contributed by atoms with Gasteiger partial charge in [0.25, 0.3) is 0 Å². The highest BCUT2D eigenvalue weighted by molar-refractivity contribution is 5.69. The average molecular weight is 475 g/mol. The summed E-state index contributed by atoms with van der Waals surface area (Å²) in [5, 5.41) is 29.8. The fourth-order valence-electron chi connectivity index (χ4n) is 4.24. The van der Waals surface area contributed by atoms with Gasteiger partial charge in [0.1, 0.15) is 31.0 Å². The van der Waals surface area contributed by atoms with Crippen LogP contribution in [0.3, 0.4) is 0 Å². The molecule has 0 aliphatic carbocycles. The normalized spacial score (nSPS) is 25.3. The van der Waals surface area contributed by atoms with Gasteiger partial charge < -0.3 is 29.5 Å². The molecule has 0 aromatic heterocycles. The monoisotopic (exact) mass is 474 g/mol. The topological polar surface area (TPSA) is 105 Å². The van der Waals surface area contributed by atoms with E-state index in [1.807, 2.05) is 0 Å². The largest absolute Gasteiger partial charge is 0.463 e. The average Bonchev–Trinajstić information content (AvgIpc) is 2.81. The maximum atomic E-state index is 12.0. The van der Waals surface area contributed by atoms with E-state index in [2.05, 4.69) is 6.92 Å². The van der Waals surface area contributed by atoms with Crippen LogP contribution in [-0.2, 0) is 19.0 Å². The fraction of sp³-hybridized carbons (Fsp3) is 0.962. The number of carbonyl (C=O) groups excluding carboxylic acids is 1. The third-order valence-corrected chi connectivity index (χ3v) is 6.39. The summed E-state index contributed by atoms with van der Waals surface area (Å²) in [6.07, 6.45) is 13.4. The first kappa shape index (κ1) is 30.3. The van der Waals surface area contributed by atoms with Gasteiger partial charge in [0, 0.05) is 13.0 Å². The minimum absolute atomic E-state index is 0.175. The number of ether oxygens (including phenoxy) is 3. The Labute approximate surface area is 201 Å². The van der Waals surface area contributed by atoms with Crippen LogP contribution < -0.4 is 0 Å². The molecule has 7 nitrogen and oxygen atoms in total. The Morgan fingerprint density at radius 3 is 1.67 bits per heavy atom. The van der Waals surface area contributed by atoms with Crippen molar-refractivity contribution in [1.82, 2.24) is 0 Å². The Kier molecular flexibility index (Phi) is 18.0. The molecule has 1 fully saturated rings. The minimum atomic E-state index is -1.41. The van der Waals surface area contributed by atoms with Gasteiger partial charge in [-0.2, -0.15) is 0 Å². The number of rotatable bonds is 20. The Morgan fingerprint density at radius 2 is 1.18 bits per heavy atom. The first-order chi connectivity index (χ1) is 16.0. The molecule has 0 unspecified atom stereocenters. The van der Waals surface area contributed by atoms with Gasteiger partial charge in [0.2, 0.25) is 0 Å². The molecule has 1 aliphatic rings. The van der Waals surface area contributed by atoms with E-state index in [9.17, 15) is 20.1 Å². The van der Waals surface area contributed by atoms with Gasteiger partial charge >= 0.3 is 5.97 Å². The second-order valence-corrected chi connectivity index (χ2v) is 9.35. The first-order valence-electron chi connectivity index (χ1n) is 13.5. The third-order valence-electron chi connectivity index (χ3n) is 6.39. The van der Waals surface area contributed by atoms with Crippen molar-refractivity contribution in [3.8, 4) is 0 Å². The summed E-state index contributed by atoms with van der Waals surface area (Å²) < 4.78 is 15.9. The van der Waals surface area contributed by atoms with Crippen molar-refractivity contribution in [2.24, 2.45) is 0 Å². The van der Waals surface area contributed by atoms with Crippen molar-refractivity contribution in [1.29, 1.82) is 0 Å². The highest BCUT2D eigenvalue weighted by Crippen LogP contribution is 2.22. The lowest BCUT2D eigenvalue weighted by Crippen LogP contribution is -2.59. The summed E-state index contributed by atoms with van der Waals surface area (Å²) in [5.74, 6) is -0.339. The van der Waals surface area contributed by atoms with Gasteiger partial charge in [0.15, 0.2) is 6.29 Å². The summed E-state index contributed by atoms with van der Waals surface area (Å²) in [5.41, 5.74) is 0. The molecule has 0 bridgehead atoms. The molecule has 33 heavy (non-hydrogen) atoms. The predicted octanol–water partition coefficient (Wildman–Crippen LogP) is 4.64. The summed E-state index contributed by atoms with van der Waals surface area (Å²) in [6.45, 7) is 4.11. The first-order valence-corrected chi connectivity index (χ1v) is 13.5. The van der Waals surface area contributed by atoms with E-state index in [4.69, 9.17) is 14.2 Å². The molecule has 196 valence electrons. The molecule has 0 radical (unpaired) electrons. The predicted molar refractivity (Wildman–Crippen MR) is 129 cm³/mol. The number of aliphatic hydroxyl groups is 3.